The van der Waals surface area contributed by atoms with Crippen LogP contribution in [0.2, 0.25) is 0 Å². The molecule has 1 N–H and O–H groups in total. The number of carbonyl (C=O) groups is 1. The van der Waals surface area contributed by atoms with Crippen LogP contribution in [-0.2, 0) is 17.6 Å². The number of thioether (sulfide) groups is 1. The van der Waals surface area contributed by atoms with Gasteiger partial charge in [0.05, 0.1) is 5.25 Å². The first-order valence-corrected chi connectivity index (χ1v) is 8.71. The molecule has 0 radical (unpaired) electrons. The van der Waals surface area contributed by atoms with E-state index in [2.05, 4.69) is 27.6 Å². The number of benzene rings is 1. The summed E-state index contributed by atoms with van der Waals surface area (Å²) in [6.07, 6.45) is 3.50. The molecule has 1 heterocycles. The lowest BCUT2D eigenvalue weighted by Crippen LogP contribution is -2.22. The van der Waals surface area contributed by atoms with Gasteiger partial charge in [-0.1, -0.05) is 29.2 Å². The topological polar surface area (TPSA) is 54.9 Å². The maximum Gasteiger partial charge on any atom is 0.237 e. The number of aromatic nitrogens is 2. The van der Waals surface area contributed by atoms with Crippen LogP contribution in [-0.4, -0.2) is 21.4 Å². The number of carbonyl (C=O) groups excluding carboxylic acids is 1. The van der Waals surface area contributed by atoms with Crippen LogP contribution >= 0.6 is 23.1 Å². The van der Waals surface area contributed by atoms with Gasteiger partial charge in [0, 0.05) is 5.69 Å². The van der Waals surface area contributed by atoms with Gasteiger partial charge < -0.3 is 5.32 Å². The molecule has 1 aliphatic rings. The molecular formula is C15H17N3OS2. The van der Waals surface area contributed by atoms with Crippen molar-refractivity contribution < 1.29 is 4.79 Å². The van der Waals surface area contributed by atoms with Gasteiger partial charge in [0.1, 0.15) is 5.01 Å². The maximum absolute atomic E-state index is 12.2. The zero-order chi connectivity index (χ0) is 14.8. The normalized spacial score (nSPS) is 14.8. The van der Waals surface area contributed by atoms with Crippen LogP contribution in [0.5, 0.6) is 0 Å². The van der Waals surface area contributed by atoms with Crippen LogP contribution in [0, 0.1) is 6.92 Å². The van der Waals surface area contributed by atoms with Crippen LogP contribution in [0.15, 0.2) is 22.5 Å². The van der Waals surface area contributed by atoms with E-state index in [4.69, 9.17) is 0 Å². The van der Waals surface area contributed by atoms with Crippen molar-refractivity contribution >= 4 is 34.7 Å². The number of amides is 1. The predicted molar refractivity (Wildman–Crippen MR) is 87.1 cm³/mol. The number of nitrogens with one attached hydrogen (secondary N) is 1. The fourth-order valence-electron chi connectivity index (χ4n) is 2.42. The Morgan fingerprint density at radius 3 is 2.90 bits per heavy atom. The van der Waals surface area contributed by atoms with E-state index in [1.165, 1.54) is 40.6 Å². The Morgan fingerprint density at radius 1 is 1.33 bits per heavy atom. The van der Waals surface area contributed by atoms with Gasteiger partial charge in [-0.2, -0.15) is 0 Å². The molecule has 1 aliphatic carbocycles. The van der Waals surface area contributed by atoms with E-state index in [1.807, 2.05) is 19.9 Å². The SMILES string of the molecule is Cc1nnc(SC(C)C(=O)Nc2ccc3c(c2)CCC3)s1. The van der Waals surface area contributed by atoms with Crippen LogP contribution < -0.4 is 5.32 Å². The van der Waals surface area contributed by atoms with Crippen LogP contribution in [0.4, 0.5) is 5.69 Å². The second-order valence-corrected chi connectivity index (χ2v) is 7.94. The summed E-state index contributed by atoms with van der Waals surface area (Å²) >= 11 is 2.97. The van der Waals surface area contributed by atoms with Crippen molar-refractivity contribution in [3.63, 3.8) is 0 Å². The fraction of sp³-hybridized carbons (Fsp3) is 0.400. The molecule has 1 unspecified atom stereocenters. The molecular weight excluding hydrogens is 302 g/mol. The van der Waals surface area contributed by atoms with Crippen LogP contribution in [0.1, 0.15) is 29.5 Å². The highest BCUT2D eigenvalue weighted by atomic mass is 32.2. The highest BCUT2D eigenvalue weighted by molar-refractivity contribution is 8.02. The molecule has 0 saturated carbocycles. The van der Waals surface area contributed by atoms with E-state index in [-0.39, 0.29) is 11.2 Å². The van der Waals surface area contributed by atoms with Gasteiger partial charge in [-0.3, -0.25) is 4.79 Å². The minimum Gasteiger partial charge on any atom is -0.325 e. The molecule has 6 heteroatoms. The van der Waals surface area contributed by atoms with E-state index >= 15 is 0 Å². The van der Waals surface area contributed by atoms with Gasteiger partial charge in [-0.25, -0.2) is 0 Å². The summed E-state index contributed by atoms with van der Waals surface area (Å²) in [5, 5.41) is 11.7. The zero-order valence-electron chi connectivity index (χ0n) is 12.0. The van der Waals surface area contributed by atoms with E-state index in [1.54, 1.807) is 0 Å². The van der Waals surface area contributed by atoms with Gasteiger partial charge in [0.25, 0.3) is 0 Å². The predicted octanol–water partition coefficient (Wildman–Crippen LogP) is 3.45. The van der Waals surface area contributed by atoms with Crippen LogP contribution in [0.3, 0.4) is 0 Å². The molecule has 2 aromatic rings. The standard InChI is InChI=1S/C15H17N3OS2/c1-9(20-15-18-17-10(2)21-15)14(19)16-13-7-6-11-4-3-5-12(11)8-13/h6-9H,3-5H2,1-2H3,(H,16,19). The summed E-state index contributed by atoms with van der Waals surface area (Å²) in [6, 6.07) is 6.23. The molecule has 0 fully saturated rings. The van der Waals surface area contributed by atoms with Gasteiger partial charge in [0.2, 0.25) is 5.91 Å². The first-order valence-electron chi connectivity index (χ1n) is 7.01. The molecule has 1 amide bonds. The summed E-state index contributed by atoms with van der Waals surface area (Å²) in [5.41, 5.74) is 3.68. The van der Waals surface area contributed by atoms with Crippen LogP contribution in [0.25, 0.3) is 0 Å². The second-order valence-electron chi connectivity index (χ2n) is 5.17. The third-order valence-corrected chi connectivity index (χ3v) is 5.54. The van der Waals surface area contributed by atoms with Crippen molar-refractivity contribution in [1.82, 2.24) is 10.2 Å². The molecule has 110 valence electrons. The minimum absolute atomic E-state index is 0.00537. The number of rotatable bonds is 4. The number of nitrogens with zero attached hydrogens (tertiary/aromatic N) is 2. The molecule has 0 bridgehead atoms. The monoisotopic (exact) mass is 319 g/mol. The Balaban J connectivity index is 1.63. The highest BCUT2D eigenvalue weighted by Crippen LogP contribution is 2.28. The van der Waals surface area contributed by atoms with E-state index in [0.29, 0.717) is 0 Å². The average molecular weight is 319 g/mol. The Labute approximate surface area is 132 Å². The number of aryl methyl sites for hydroxylation is 3. The minimum atomic E-state index is -0.189. The van der Waals surface area contributed by atoms with Crippen molar-refractivity contribution in [1.29, 1.82) is 0 Å². The lowest BCUT2D eigenvalue weighted by molar-refractivity contribution is -0.115. The van der Waals surface area contributed by atoms with Gasteiger partial charge in [-0.05, 0) is 56.4 Å². The Hall–Kier alpha value is -1.40. The number of anilines is 1. The first-order chi connectivity index (χ1) is 10.1. The van der Waals surface area contributed by atoms with E-state index < -0.39 is 0 Å². The van der Waals surface area contributed by atoms with Gasteiger partial charge in [-0.15, -0.1) is 10.2 Å². The van der Waals surface area contributed by atoms with Crippen molar-refractivity contribution in [3.8, 4) is 0 Å². The van der Waals surface area contributed by atoms with Crippen molar-refractivity contribution in [2.45, 2.75) is 42.7 Å². The molecule has 0 saturated heterocycles. The number of hydrogen-bond acceptors (Lipinski definition) is 5. The number of fused-ring (bicyclic) bond motifs is 1. The Bertz CT molecular complexity index is 669. The highest BCUT2D eigenvalue weighted by Gasteiger charge is 2.18. The summed E-state index contributed by atoms with van der Waals surface area (Å²) in [6.45, 7) is 3.81. The van der Waals surface area contributed by atoms with Gasteiger partial charge >= 0.3 is 0 Å². The second kappa shape index (κ2) is 6.15. The Morgan fingerprint density at radius 2 is 2.14 bits per heavy atom. The Kier molecular flexibility index (Phi) is 4.26. The summed E-state index contributed by atoms with van der Waals surface area (Å²) in [7, 11) is 0. The van der Waals surface area contributed by atoms with Crippen molar-refractivity contribution in [2.24, 2.45) is 0 Å². The molecule has 1 atom stereocenters. The van der Waals surface area contributed by atoms with Gasteiger partial charge in [0.15, 0.2) is 4.34 Å². The molecule has 0 spiro atoms. The third kappa shape index (κ3) is 3.44. The lowest BCUT2D eigenvalue weighted by Gasteiger charge is -2.11. The quantitative estimate of drug-likeness (QED) is 0.877. The molecule has 0 aliphatic heterocycles. The molecule has 1 aromatic heterocycles. The smallest absolute Gasteiger partial charge is 0.237 e. The van der Waals surface area contributed by atoms with Crippen molar-refractivity contribution in [3.05, 3.63) is 34.3 Å². The third-order valence-electron chi connectivity index (χ3n) is 3.52. The van der Waals surface area contributed by atoms with E-state index in [9.17, 15) is 4.79 Å². The summed E-state index contributed by atoms with van der Waals surface area (Å²) in [5.74, 6) is 0.00537. The largest absolute Gasteiger partial charge is 0.325 e. The zero-order valence-corrected chi connectivity index (χ0v) is 13.7. The summed E-state index contributed by atoms with van der Waals surface area (Å²) < 4.78 is 0.837. The summed E-state index contributed by atoms with van der Waals surface area (Å²) in [4.78, 5) is 12.2. The average Bonchev–Trinajstić information content (AvgIpc) is 3.07. The van der Waals surface area contributed by atoms with E-state index in [0.717, 1.165) is 27.9 Å². The fourth-order valence-corrected chi connectivity index (χ4v) is 4.38. The van der Waals surface area contributed by atoms with Crippen molar-refractivity contribution in [2.75, 3.05) is 5.32 Å². The molecule has 1 aromatic carbocycles. The maximum atomic E-state index is 12.2. The number of hydrogen-bond donors (Lipinski definition) is 1. The lowest BCUT2D eigenvalue weighted by atomic mass is 10.1. The molecule has 3 rings (SSSR count). The molecule has 21 heavy (non-hydrogen) atoms. The first kappa shape index (κ1) is 14.5. The molecule has 4 nitrogen and oxygen atoms in total.